The summed E-state index contributed by atoms with van der Waals surface area (Å²) in [5, 5.41) is 9.97. The van der Waals surface area contributed by atoms with Crippen molar-refractivity contribution in [1.29, 1.82) is 0 Å². The summed E-state index contributed by atoms with van der Waals surface area (Å²) in [6.45, 7) is 4.13. The van der Waals surface area contributed by atoms with Gasteiger partial charge in [-0.15, -0.1) is 0 Å². The quantitative estimate of drug-likeness (QED) is 0.802. The maximum Gasteiger partial charge on any atom is 0.249 e. The van der Waals surface area contributed by atoms with E-state index in [1.165, 1.54) is 5.56 Å². The van der Waals surface area contributed by atoms with Gasteiger partial charge in [-0.2, -0.15) is 0 Å². The van der Waals surface area contributed by atoms with Crippen molar-refractivity contribution >= 4 is 5.91 Å². The second kappa shape index (κ2) is 5.04. The maximum atomic E-state index is 11.1. The highest BCUT2D eigenvalue weighted by Crippen LogP contribution is 2.23. The number of likely N-dealkylation sites (tertiary alicyclic amines) is 1. The number of aryl methyl sites for hydroxylation is 1. The molecule has 0 aromatic carbocycles. The molecule has 1 aliphatic heterocycles. The predicted octanol–water partition coefficient (Wildman–Crippen LogP) is 0.202. The molecule has 0 bridgehead atoms. The van der Waals surface area contributed by atoms with E-state index in [-0.39, 0.29) is 0 Å². The molecule has 0 aliphatic carbocycles. The number of piperidine rings is 1. The van der Waals surface area contributed by atoms with E-state index in [9.17, 15) is 9.90 Å². The minimum atomic E-state index is -1.32. The summed E-state index contributed by atoms with van der Waals surface area (Å²) in [6, 6.07) is 3.98. The molecule has 1 aromatic heterocycles. The van der Waals surface area contributed by atoms with Crippen LogP contribution in [0.1, 0.15) is 24.1 Å². The lowest BCUT2D eigenvalue weighted by molar-refractivity contribution is -0.141. The number of pyridine rings is 1. The predicted molar refractivity (Wildman–Crippen MR) is 67.6 cm³/mol. The number of primary amides is 1. The van der Waals surface area contributed by atoms with E-state index in [2.05, 4.69) is 16.0 Å². The topological polar surface area (TPSA) is 79.4 Å². The number of nitrogens with two attached hydrogens (primary N) is 1. The van der Waals surface area contributed by atoms with Gasteiger partial charge < -0.3 is 10.8 Å². The van der Waals surface area contributed by atoms with E-state index >= 15 is 0 Å². The van der Waals surface area contributed by atoms with Crippen LogP contribution in [0, 0.1) is 6.92 Å². The molecule has 1 aliphatic rings. The zero-order valence-electron chi connectivity index (χ0n) is 10.6. The molecule has 0 saturated carbocycles. The van der Waals surface area contributed by atoms with Gasteiger partial charge in [-0.3, -0.25) is 14.7 Å². The van der Waals surface area contributed by atoms with Crippen LogP contribution in [-0.2, 0) is 11.3 Å². The third-order valence-corrected chi connectivity index (χ3v) is 3.65. The van der Waals surface area contributed by atoms with Crippen molar-refractivity contribution in [3.8, 4) is 0 Å². The first-order chi connectivity index (χ1) is 8.51. The highest BCUT2D eigenvalue weighted by Gasteiger charge is 2.37. The van der Waals surface area contributed by atoms with Crippen LogP contribution in [0.5, 0.6) is 0 Å². The molecule has 0 radical (unpaired) electrons. The molecule has 0 atom stereocenters. The molecule has 1 amide bonds. The van der Waals surface area contributed by atoms with Crippen molar-refractivity contribution < 1.29 is 9.90 Å². The highest BCUT2D eigenvalue weighted by atomic mass is 16.3. The zero-order valence-corrected chi connectivity index (χ0v) is 10.6. The Kier molecular flexibility index (Phi) is 3.63. The van der Waals surface area contributed by atoms with Crippen molar-refractivity contribution in [3.63, 3.8) is 0 Å². The normalized spacial score (nSPS) is 19.7. The van der Waals surface area contributed by atoms with Gasteiger partial charge in [-0.05, 0) is 31.4 Å². The van der Waals surface area contributed by atoms with Gasteiger partial charge in [0.15, 0.2) is 0 Å². The number of aliphatic hydroxyl groups is 1. The Morgan fingerprint density at radius 1 is 1.56 bits per heavy atom. The van der Waals surface area contributed by atoms with Gasteiger partial charge >= 0.3 is 0 Å². The van der Waals surface area contributed by atoms with Crippen molar-refractivity contribution in [1.82, 2.24) is 9.88 Å². The lowest BCUT2D eigenvalue weighted by Gasteiger charge is -2.36. The first-order valence-corrected chi connectivity index (χ1v) is 6.16. The average molecular weight is 249 g/mol. The molecule has 1 fully saturated rings. The zero-order chi connectivity index (χ0) is 13.2. The van der Waals surface area contributed by atoms with Crippen LogP contribution in [-0.4, -0.2) is 39.6 Å². The first-order valence-electron chi connectivity index (χ1n) is 6.16. The second-order valence-corrected chi connectivity index (χ2v) is 4.92. The molecule has 0 unspecified atom stereocenters. The molecule has 0 spiro atoms. The summed E-state index contributed by atoms with van der Waals surface area (Å²) < 4.78 is 0. The summed E-state index contributed by atoms with van der Waals surface area (Å²) in [6.07, 6.45) is 2.59. The van der Waals surface area contributed by atoms with Crippen LogP contribution in [0.3, 0.4) is 0 Å². The third-order valence-electron chi connectivity index (χ3n) is 3.65. The number of hydrogen-bond acceptors (Lipinski definition) is 4. The van der Waals surface area contributed by atoms with Crippen LogP contribution in [0.2, 0.25) is 0 Å². The highest BCUT2D eigenvalue weighted by molar-refractivity contribution is 5.83. The molecule has 5 nitrogen and oxygen atoms in total. The number of nitrogens with zero attached hydrogens (tertiary/aromatic N) is 2. The van der Waals surface area contributed by atoms with Crippen molar-refractivity contribution in [2.24, 2.45) is 5.73 Å². The number of carbonyl (C=O) groups excluding carboxylic acids is 1. The molecule has 2 rings (SSSR count). The fourth-order valence-electron chi connectivity index (χ4n) is 2.25. The van der Waals surface area contributed by atoms with E-state index in [0.717, 1.165) is 12.2 Å². The maximum absolute atomic E-state index is 11.1. The second-order valence-electron chi connectivity index (χ2n) is 4.92. The van der Waals surface area contributed by atoms with E-state index in [1.54, 1.807) is 6.20 Å². The van der Waals surface area contributed by atoms with Gasteiger partial charge in [0.25, 0.3) is 0 Å². The molecule has 5 heteroatoms. The van der Waals surface area contributed by atoms with Crippen LogP contribution >= 0.6 is 0 Å². The summed E-state index contributed by atoms with van der Waals surface area (Å²) in [5.41, 5.74) is 6.09. The monoisotopic (exact) mass is 249 g/mol. The smallest absolute Gasteiger partial charge is 0.249 e. The largest absolute Gasteiger partial charge is 0.380 e. The summed E-state index contributed by atoms with van der Waals surface area (Å²) in [7, 11) is 0. The van der Waals surface area contributed by atoms with E-state index in [4.69, 9.17) is 5.73 Å². The number of aromatic nitrogens is 1. The molecule has 18 heavy (non-hydrogen) atoms. The van der Waals surface area contributed by atoms with Crippen LogP contribution < -0.4 is 5.73 Å². The standard InChI is InChI=1S/C13H19N3O2/c1-10-11(3-2-6-15-10)9-16-7-4-13(18,5-8-16)12(14)17/h2-3,6,18H,4-5,7-9H2,1H3,(H2,14,17). The van der Waals surface area contributed by atoms with Gasteiger partial charge in [0, 0.05) is 31.5 Å². The molecule has 98 valence electrons. The molecule has 2 heterocycles. The Labute approximate surface area is 107 Å². The van der Waals surface area contributed by atoms with Gasteiger partial charge in [-0.1, -0.05) is 6.07 Å². The van der Waals surface area contributed by atoms with Crippen LogP contribution in [0.25, 0.3) is 0 Å². The van der Waals surface area contributed by atoms with Crippen molar-refractivity contribution in [2.75, 3.05) is 13.1 Å². The van der Waals surface area contributed by atoms with Crippen molar-refractivity contribution in [3.05, 3.63) is 29.6 Å². The Morgan fingerprint density at radius 3 is 2.78 bits per heavy atom. The Balaban J connectivity index is 1.95. The van der Waals surface area contributed by atoms with Crippen LogP contribution in [0.4, 0.5) is 0 Å². The van der Waals surface area contributed by atoms with Crippen LogP contribution in [0.15, 0.2) is 18.3 Å². The van der Waals surface area contributed by atoms with Crippen molar-refractivity contribution in [2.45, 2.75) is 31.9 Å². The number of hydrogen-bond donors (Lipinski definition) is 2. The fourth-order valence-corrected chi connectivity index (χ4v) is 2.25. The molecule has 3 N–H and O–H groups in total. The van der Waals surface area contributed by atoms with Gasteiger partial charge in [0.1, 0.15) is 5.60 Å². The molecule has 1 aromatic rings. The minimum Gasteiger partial charge on any atom is -0.380 e. The lowest BCUT2D eigenvalue weighted by Crippen LogP contribution is -2.52. The Bertz CT molecular complexity index is 440. The average Bonchev–Trinajstić information content (AvgIpc) is 2.35. The summed E-state index contributed by atoms with van der Waals surface area (Å²) in [4.78, 5) is 17.6. The minimum absolute atomic E-state index is 0.404. The van der Waals surface area contributed by atoms with E-state index in [0.29, 0.717) is 25.9 Å². The number of rotatable bonds is 3. The number of amides is 1. The lowest BCUT2D eigenvalue weighted by atomic mass is 9.90. The SMILES string of the molecule is Cc1ncccc1CN1CCC(O)(C(N)=O)CC1. The van der Waals surface area contributed by atoms with E-state index in [1.807, 2.05) is 13.0 Å². The number of carbonyl (C=O) groups is 1. The Morgan fingerprint density at radius 2 is 2.22 bits per heavy atom. The van der Waals surface area contributed by atoms with E-state index < -0.39 is 11.5 Å². The third kappa shape index (κ3) is 2.68. The first kappa shape index (κ1) is 13.0. The molecule has 1 saturated heterocycles. The molecular formula is C13H19N3O2. The summed E-state index contributed by atoms with van der Waals surface area (Å²) in [5.74, 6) is -0.611. The van der Waals surface area contributed by atoms with Gasteiger partial charge in [0.2, 0.25) is 5.91 Å². The molecular weight excluding hydrogens is 230 g/mol. The fraction of sp³-hybridized carbons (Fsp3) is 0.538. The summed E-state index contributed by atoms with van der Waals surface area (Å²) >= 11 is 0. The van der Waals surface area contributed by atoms with Gasteiger partial charge in [-0.25, -0.2) is 0 Å². The Hall–Kier alpha value is -1.46. The van der Waals surface area contributed by atoms with Gasteiger partial charge in [0.05, 0.1) is 0 Å².